The fraction of sp³-hybridized carbons (Fsp3) is 0.273. The van der Waals surface area contributed by atoms with Crippen LogP contribution in [0.25, 0.3) is 5.69 Å². The van der Waals surface area contributed by atoms with Crippen molar-refractivity contribution in [2.75, 3.05) is 5.73 Å². The van der Waals surface area contributed by atoms with Crippen LogP contribution in [0.3, 0.4) is 0 Å². The summed E-state index contributed by atoms with van der Waals surface area (Å²) in [6.45, 7) is 4.10. The second kappa shape index (κ2) is 3.73. The molecule has 2 rings (SSSR count). The third-order valence-corrected chi connectivity index (χ3v) is 2.41. The summed E-state index contributed by atoms with van der Waals surface area (Å²) < 4.78 is 1.79. The third kappa shape index (κ3) is 1.70. The largest absolute Gasteiger partial charge is 0.381 e. The van der Waals surface area contributed by atoms with Crippen LogP contribution in [0.2, 0.25) is 0 Å². The van der Waals surface area contributed by atoms with Gasteiger partial charge in [-0.1, -0.05) is 29.8 Å². The van der Waals surface area contributed by atoms with Crippen molar-refractivity contribution in [1.82, 2.24) is 15.0 Å². The lowest BCUT2D eigenvalue weighted by Crippen LogP contribution is -2.02. The summed E-state index contributed by atoms with van der Waals surface area (Å²) in [5.41, 5.74) is 8.91. The minimum absolute atomic E-state index is 0.512. The van der Waals surface area contributed by atoms with E-state index in [2.05, 4.69) is 17.2 Å². The molecule has 0 aliphatic heterocycles. The highest BCUT2D eigenvalue weighted by Crippen LogP contribution is 2.15. The van der Waals surface area contributed by atoms with Crippen molar-refractivity contribution in [3.05, 3.63) is 35.5 Å². The SMILES string of the molecule is CCc1c(N)nnn1-c1ccc(C)cc1. The molecule has 2 N–H and O–H groups in total. The highest BCUT2D eigenvalue weighted by atomic mass is 15.4. The van der Waals surface area contributed by atoms with Crippen LogP contribution in [0.4, 0.5) is 5.82 Å². The van der Waals surface area contributed by atoms with Crippen LogP contribution in [0, 0.1) is 6.92 Å². The first kappa shape index (κ1) is 9.71. The van der Waals surface area contributed by atoms with Crippen molar-refractivity contribution in [2.24, 2.45) is 0 Å². The molecule has 0 unspecified atom stereocenters. The fourth-order valence-electron chi connectivity index (χ4n) is 1.54. The van der Waals surface area contributed by atoms with Crippen LogP contribution >= 0.6 is 0 Å². The van der Waals surface area contributed by atoms with Crippen molar-refractivity contribution in [1.29, 1.82) is 0 Å². The lowest BCUT2D eigenvalue weighted by molar-refractivity contribution is 0.767. The van der Waals surface area contributed by atoms with E-state index in [-0.39, 0.29) is 0 Å². The maximum absolute atomic E-state index is 5.72. The zero-order chi connectivity index (χ0) is 10.8. The van der Waals surface area contributed by atoms with Crippen LogP contribution in [0.5, 0.6) is 0 Å². The second-order valence-electron chi connectivity index (χ2n) is 3.52. The van der Waals surface area contributed by atoms with E-state index in [0.29, 0.717) is 5.82 Å². The smallest absolute Gasteiger partial charge is 0.169 e. The molecule has 4 heteroatoms. The van der Waals surface area contributed by atoms with Gasteiger partial charge in [-0.2, -0.15) is 0 Å². The van der Waals surface area contributed by atoms with E-state index in [1.54, 1.807) is 4.68 Å². The van der Waals surface area contributed by atoms with Crippen LogP contribution in [0.1, 0.15) is 18.2 Å². The van der Waals surface area contributed by atoms with E-state index in [4.69, 9.17) is 5.73 Å². The summed E-state index contributed by atoms with van der Waals surface area (Å²) in [4.78, 5) is 0. The molecular weight excluding hydrogens is 188 g/mol. The number of anilines is 1. The van der Waals surface area contributed by atoms with Crippen LogP contribution in [-0.2, 0) is 6.42 Å². The predicted molar refractivity (Wildman–Crippen MR) is 59.9 cm³/mol. The Balaban J connectivity index is 2.49. The number of rotatable bonds is 2. The zero-order valence-electron chi connectivity index (χ0n) is 8.94. The van der Waals surface area contributed by atoms with E-state index in [9.17, 15) is 0 Å². The van der Waals surface area contributed by atoms with Gasteiger partial charge in [0.1, 0.15) is 0 Å². The zero-order valence-corrected chi connectivity index (χ0v) is 8.94. The molecule has 1 heterocycles. The summed E-state index contributed by atoms with van der Waals surface area (Å²) in [5.74, 6) is 0.512. The van der Waals surface area contributed by atoms with Gasteiger partial charge in [-0.05, 0) is 25.5 Å². The molecule has 0 spiro atoms. The number of nitrogen functional groups attached to an aromatic ring is 1. The molecule has 2 aromatic rings. The molecule has 0 aliphatic rings. The number of aryl methyl sites for hydroxylation is 1. The number of hydrogen-bond donors (Lipinski definition) is 1. The van der Waals surface area contributed by atoms with E-state index in [0.717, 1.165) is 17.8 Å². The maximum atomic E-state index is 5.72. The van der Waals surface area contributed by atoms with Gasteiger partial charge in [0.05, 0.1) is 11.4 Å². The van der Waals surface area contributed by atoms with Gasteiger partial charge in [-0.15, -0.1) is 5.10 Å². The first-order valence-electron chi connectivity index (χ1n) is 4.99. The van der Waals surface area contributed by atoms with E-state index in [1.165, 1.54) is 5.56 Å². The lowest BCUT2D eigenvalue weighted by Gasteiger charge is -2.04. The molecule has 0 fully saturated rings. The topological polar surface area (TPSA) is 56.7 Å². The molecule has 0 amide bonds. The number of hydrogen-bond acceptors (Lipinski definition) is 3. The monoisotopic (exact) mass is 202 g/mol. The Kier molecular flexibility index (Phi) is 2.41. The quantitative estimate of drug-likeness (QED) is 0.806. The Hall–Kier alpha value is -1.84. The molecule has 0 aliphatic carbocycles. The van der Waals surface area contributed by atoms with E-state index < -0.39 is 0 Å². The van der Waals surface area contributed by atoms with Crippen molar-refractivity contribution < 1.29 is 0 Å². The van der Waals surface area contributed by atoms with Gasteiger partial charge in [0.15, 0.2) is 5.82 Å². The first-order chi connectivity index (χ1) is 7.22. The minimum atomic E-state index is 0.512. The van der Waals surface area contributed by atoms with Gasteiger partial charge in [0.25, 0.3) is 0 Å². The number of aromatic nitrogens is 3. The van der Waals surface area contributed by atoms with Gasteiger partial charge in [0.2, 0.25) is 0 Å². The van der Waals surface area contributed by atoms with E-state index in [1.807, 2.05) is 31.2 Å². The standard InChI is InChI=1S/C11H14N4/c1-3-10-11(12)13-14-15(10)9-6-4-8(2)5-7-9/h4-7H,3,12H2,1-2H3. The molecular formula is C11H14N4. The highest BCUT2D eigenvalue weighted by molar-refractivity contribution is 5.41. The van der Waals surface area contributed by atoms with Gasteiger partial charge < -0.3 is 5.73 Å². The average molecular weight is 202 g/mol. The molecule has 15 heavy (non-hydrogen) atoms. The molecule has 78 valence electrons. The van der Waals surface area contributed by atoms with Crippen LogP contribution < -0.4 is 5.73 Å². The van der Waals surface area contributed by atoms with Gasteiger partial charge >= 0.3 is 0 Å². The van der Waals surface area contributed by atoms with Crippen LogP contribution in [-0.4, -0.2) is 15.0 Å². The first-order valence-corrected chi connectivity index (χ1v) is 4.99. The molecule has 0 atom stereocenters. The maximum Gasteiger partial charge on any atom is 0.169 e. The predicted octanol–water partition coefficient (Wildman–Crippen LogP) is 1.72. The second-order valence-corrected chi connectivity index (χ2v) is 3.52. The minimum Gasteiger partial charge on any atom is -0.381 e. The van der Waals surface area contributed by atoms with Gasteiger partial charge in [0, 0.05) is 0 Å². The van der Waals surface area contributed by atoms with Crippen molar-refractivity contribution >= 4 is 5.82 Å². The summed E-state index contributed by atoms with van der Waals surface area (Å²) in [7, 11) is 0. The Morgan fingerprint density at radius 3 is 2.53 bits per heavy atom. The van der Waals surface area contributed by atoms with Crippen molar-refractivity contribution in [3.63, 3.8) is 0 Å². The number of nitrogens with two attached hydrogens (primary N) is 1. The number of benzene rings is 1. The molecule has 4 nitrogen and oxygen atoms in total. The number of nitrogens with zero attached hydrogens (tertiary/aromatic N) is 3. The van der Waals surface area contributed by atoms with Gasteiger partial charge in [-0.25, -0.2) is 4.68 Å². The lowest BCUT2D eigenvalue weighted by atomic mass is 10.2. The van der Waals surface area contributed by atoms with Crippen molar-refractivity contribution in [3.8, 4) is 5.69 Å². The molecule has 1 aromatic carbocycles. The van der Waals surface area contributed by atoms with E-state index >= 15 is 0 Å². The molecule has 0 radical (unpaired) electrons. The average Bonchev–Trinajstić information content (AvgIpc) is 2.61. The Morgan fingerprint density at radius 2 is 1.93 bits per heavy atom. The molecule has 0 saturated heterocycles. The Morgan fingerprint density at radius 1 is 1.27 bits per heavy atom. The normalized spacial score (nSPS) is 10.5. The summed E-state index contributed by atoms with van der Waals surface area (Å²) in [6, 6.07) is 8.13. The van der Waals surface area contributed by atoms with Gasteiger partial charge in [-0.3, -0.25) is 0 Å². The summed E-state index contributed by atoms with van der Waals surface area (Å²) >= 11 is 0. The van der Waals surface area contributed by atoms with Crippen molar-refractivity contribution in [2.45, 2.75) is 20.3 Å². The summed E-state index contributed by atoms with van der Waals surface area (Å²) in [6.07, 6.45) is 0.826. The fourth-order valence-corrected chi connectivity index (χ4v) is 1.54. The summed E-state index contributed by atoms with van der Waals surface area (Å²) in [5, 5.41) is 7.91. The van der Waals surface area contributed by atoms with Crippen LogP contribution in [0.15, 0.2) is 24.3 Å². The Bertz CT molecular complexity index is 456. The molecule has 0 saturated carbocycles. The highest BCUT2D eigenvalue weighted by Gasteiger charge is 2.08. The molecule has 0 bridgehead atoms. The Labute approximate surface area is 88.7 Å². The molecule has 1 aromatic heterocycles. The third-order valence-electron chi connectivity index (χ3n) is 2.41.